The van der Waals surface area contributed by atoms with Gasteiger partial charge < -0.3 is 15.4 Å². The van der Waals surface area contributed by atoms with Gasteiger partial charge in [0.15, 0.2) is 5.96 Å². The van der Waals surface area contributed by atoms with Crippen LogP contribution in [0, 0.1) is 5.92 Å². The van der Waals surface area contributed by atoms with Gasteiger partial charge in [0.25, 0.3) is 0 Å². The molecule has 0 spiro atoms. The first-order valence-electron chi connectivity index (χ1n) is 10.6. The van der Waals surface area contributed by atoms with Crippen molar-refractivity contribution in [1.82, 2.24) is 15.4 Å². The first kappa shape index (κ1) is 26.6. The van der Waals surface area contributed by atoms with Crippen molar-refractivity contribution in [3.63, 3.8) is 0 Å². The SMILES string of the molecule is CN=C(NCc1ccc(S(=O)(=O)NC2CC2)cc1)NCC(C)COCc1ccccc1.I. The molecule has 1 fully saturated rings. The van der Waals surface area contributed by atoms with Gasteiger partial charge in [-0.05, 0) is 42.0 Å². The second-order valence-corrected chi connectivity index (χ2v) is 9.67. The van der Waals surface area contributed by atoms with Gasteiger partial charge in [-0.15, -0.1) is 24.0 Å². The highest BCUT2D eigenvalue weighted by molar-refractivity contribution is 14.0. The quantitative estimate of drug-likeness (QED) is 0.219. The van der Waals surface area contributed by atoms with E-state index in [1.54, 1.807) is 19.2 Å². The van der Waals surface area contributed by atoms with Gasteiger partial charge in [-0.25, -0.2) is 13.1 Å². The number of hydrogen-bond donors (Lipinski definition) is 3. The number of aliphatic imine (C=N–C) groups is 1. The molecular weight excluding hydrogens is 539 g/mol. The standard InChI is InChI=1S/C23H32N4O3S.HI/c1-18(16-30-17-20-6-4-3-5-7-20)14-25-23(24-2)26-15-19-8-12-22(13-9-19)31(28,29)27-21-10-11-21;/h3-9,12-13,18,21,27H,10-11,14-17H2,1-2H3,(H2,24,25,26);1H. The van der Waals surface area contributed by atoms with Gasteiger partial charge in [0.05, 0.1) is 18.1 Å². The van der Waals surface area contributed by atoms with Crippen molar-refractivity contribution in [1.29, 1.82) is 0 Å². The molecule has 1 aliphatic rings. The third kappa shape index (κ3) is 9.05. The lowest BCUT2D eigenvalue weighted by Crippen LogP contribution is -2.39. The zero-order chi connectivity index (χ0) is 22.1. The molecule has 1 saturated carbocycles. The van der Waals surface area contributed by atoms with E-state index in [9.17, 15) is 8.42 Å². The molecule has 1 unspecified atom stereocenters. The van der Waals surface area contributed by atoms with Crippen LogP contribution in [0.15, 0.2) is 64.5 Å². The lowest BCUT2D eigenvalue weighted by atomic mass is 10.2. The highest BCUT2D eigenvalue weighted by Gasteiger charge is 2.27. The van der Waals surface area contributed by atoms with Gasteiger partial charge in [-0.3, -0.25) is 4.99 Å². The van der Waals surface area contributed by atoms with Crippen LogP contribution in [-0.2, 0) is 27.9 Å². The molecule has 0 heterocycles. The third-order valence-corrected chi connectivity index (χ3v) is 6.48. The predicted molar refractivity (Wildman–Crippen MR) is 139 cm³/mol. The highest BCUT2D eigenvalue weighted by Crippen LogP contribution is 2.22. The molecular formula is C23H33IN4O3S. The maximum Gasteiger partial charge on any atom is 0.240 e. The Kier molecular flexibility index (Phi) is 10.9. The van der Waals surface area contributed by atoms with Gasteiger partial charge in [0, 0.05) is 26.2 Å². The van der Waals surface area contributed by atoms with Crippen molar-refractivity contribution >= 4 is 40.0 Å². The van der Waals surface area contributed by atoms with Crippen LogP contribution in [0.1, 0.15) is 30.9 Å². The van der Waals surface area contributed by atoms with Crippen LogP contribution < -0.4 is 15.4 Å². The first-order valence-corrected chi connectivity index (χ1v) is 12.1. The largest absolute Gasteiger partial charge is 0.376 e. The van der Waals surface area contributed by atoms with Crippen molar-refractivity contribution in [3.8, 4) is 0 Å². The van der Waals surface area contributed by atoms with E-state index in [-0.39, 0.29) is 30.0 Å². The minimum absolute atomic E-state index is 0. The van der Waals surface area contributed by atoms with Crippen LogP contribution >= 0.6 is 24.0 Å². The van der Waals surface area contributed by atoms with E-state index in [2.05, 4.69) is 39.4 Å². The molecule has 3 N–H and O–H groups in total. The van der Waals surface area contributed by atoms with Gasteiger partial charge in [0.2, 0.25) is 10.0 Å². The fourth-order valence-electron chi connectivity index (χ4n) is 2.96. The summed E-state index contributed by atoms with van der Waals surface area (Å²) in [6.45, 7) is 4.68. The Labute approximate surface area is 208 Å². The number of rotatable bonds is 11. The molecule has 2 aromatic rings. The Morgan fingerprint density at radius 3 is 2.38 bits per heavy atom. The summed E-state index contributed by atoms with van der Waals surface area (Å²) in [5.74, 6) is 1.02. The fourth-order valence-corrected chi connectivity index (χ4v) is 4.27. The maximum atomic E-state index is 12.2. The van der Waals surface area contributed by atoms with E-state index in [0.717, 1.165) is 24.9 Å². The molecule has 176 valence electrons. The average molecular weight is 573 g/mol. The summed E-state index contributed by atoms with van der Waals surface area (Å²) >= 11 is 0. The van der Waals surface area contributed by atoms with E-state index in [1.807, 2.05) is 30.3 Å². The number of nitrogens with zero attached hydrogens (tertiary/aromatic N) is 1. The first-order chi connectivity index (χ1) is 15.0. The van der Waals surface area contributed by atoms with Crippen molar-refractivity contribution in [2.24, 2.45) is 10.9 Å². The topological polar surface area (TPSA) is 91.8 Å². The third-order valence-electron chi connectivity index (χ3n) is 4.95. The highest BCUT2D eigenvalue weighted by atomic mass is 127. The maximum absolute atomic E-state index is 12.2. The van der Waals surface area contributed by atoms with E-state index in [1.165, 1.54) is 5.56 Å². The predicted octanol–water partition coefficient (Wildman–Crippen LogP) is 3.26. The minimum atomic E-state index is -3.41. The van der Waals surface area contributed by atoms with Gasteiger partial charge in [0.1, 0.15) is 0 Å². The normalized spacial score (nSPS) is 15.0. The smallest absolute Gasteiger partial charge is 0.240 e. The van der Waals surface area contributed by atoms with E-state index in [4.69, 9.17) is 4.74 Å². The Morgan fingerprint density at radius 1 is 1.06 bits per heavy atom. The van der Waals surface area contributed by atoms with Crippen LogP contribution in [0.5, 0.6) is 0 Å². The number of hydrogen-bond acceptors (Lipinski definition) is 4. The molecule has 0 amide bonds. The zero-order valence-corrected chi connectivity index (χ0v) is 21.7. The number of benzene rings is 2. The molecule has 0 bridgehead atoms. The summed E-state index contributed by atoms with van der Waals surface area (Å²) in [7, 11) is -1.68. The Bertz CT molecular complexity index is 949. The lowest BCUT2D eigenvalue weighted by Gasteiger charge is -2.16. The van der Waals surface area contributed by atoms with Crippen molar-refractivity contribution in [2.45, 2.75) is 43.9 Å². The van der Waals surface area contributed by atoms with Crippen molar-refractivity contribution in [2.75, 3.05) is 20.2 Å². The summed E-state index contributed by atoms with van der Waals surface area (Å²) in [5, 5.41) is 6.56. The number of nitrogens with one attached hydrogen (secondary N) is 3. The zero-order valence-electron chi connectivity index (χ0n) is 18.6. The summed E-state index contributed by atoms with van der Waals surface area (Å²) in [6.07, 6.45) is 1.84. The minimum Gasteiger partial charge on any atom is -0.376 e. The number of sulfonamides is 1. The lowest BCUT2D eigenvalue weighted by molar-refractivity contribution is 0.0931. The van der Waals surface area contributed by atoms with Crippen molar-refractivity contribution in [3.05, 3.63) is 65.7 Å². The molecule has 32 heavy (non-hydrogen) atoms. The molecule has 3 rings (SSSR count). The van der Waals surface area contributed by atoms with Gasteiger partial charge >= 0.3 is 0 Å². The summed E-state index contributed by atoms with van der Waals surface area (Å²) in [6, 6.07) is 17.2. The van der Waals surface area contributed by atoms with E-state index >= 15 is 0 Å². The van der Waals surface area contributed by atoms with Gasteiger partial charge in [-0.2, -0.15) is 0 Å². The molecule has 9 heteroatoms. The Balaban J connectivity index is 0.00000363. The molecule has 0 radical (unpaired) electrons. The molecule has 0 saturated heterocycles. The van der Waals surface area contributed by atoms with Gasteiger partial charge in [-0.1, -0.05) is 49.4 Å². The number of halogens is 1. The molecule has 2 aromatic carbocycles. The average Bonchev–Trinajstić information content (AvgIpc) is 3.58. The molecule has 7 nitrogen and oxygen atoms in total. The number of guanidine groups is 1. The summed E-state index contributed by atoms with van der Waals surface area (Å²) in [5.41, 5.74) is 2.15. The fraction of sp³-hybridized carbons (Fsp3) is 0.435. The van der Waals surface area contributed by atoms with Crippen LogP contribution in [0.2, 0.25) is 0 Å². The Morgan fingerprint density at radius 2 is 1.75 bits per heavy atom. The van der Waals surface area contributed by atoms with Crippen LogP contribution in [0.25, 0.3) is 0 Å². The molecule has 1 atom stereocenters. The van der Waals surface area contributed by atoms with Crippen molar-refractivity contribution < 1.29 is 13.2 Å². The summed E-state index contributed by atoms with van der Waals surface area (Å²) < 4.78 is 33.0. The van der Waals surface area contributed by atoms with E-state index in [0.29, 0.717) is 36.5 Å². The molecule has 1 aliphatic carbocycles. The summed E-state index contributed by atoms with van der Waals surface area (Å²) in [4.78, 5) is 4.55. The van der Waals surface area contributed by atoms with Crippen LogP contribution in [-0.4, -0.2) is 40.6 Å². The second-order valence-electron chi connectivity index (χ2n) is 7.95. The second kappa shape index (κ2) is 13.1. The van der Waals surface area contributed by atoms with Crippen LogP contribution in [0.3, 0.4) is 0 Å². The molecule has 0 aliphatic heterocycles. The number of ether oxygens (including phenoxy) is 1. The molecule has 0 aromatic heterocycles. The monoisotopic (exact) mass is 572 g/mol. The van der Waals surface area contributed by atoms with Crippen LogP contribution in [0.4, 0.5) is 0 Å². The van der Waals surface area contributed by atoms with E-state index < -0.39 is 10.0 Å². The Hall–Kier alpha value is -1.69.